The van der Waals surface area contributed by atoms with Crippen LogP contribution in [0, 0.1) is 5.82 Å². The van der Waals surface area contributed by atoms with Crippen LogP contribution in [-0.2, 0) is 16.1 Å². The summed E-state index contributed by atoms with van der Waals surface area (Å²) in [6.07, 6.45) is 0. The predicted molar refractivity (Wildman–Crippen MR) is 117 cm³/mol. The maximum absolute atomic E-state index is 13.0. The minimum Gasteiger partial charge on any atom is -0.336 e. The number of halogens is 1. The van der Waals surface area contributed by atoms with Crippen molar-refractivity contribution in [3.05, 3.63) is 66.0 Å². The monoisotopic (exact) mass is 417 g/mol. The lowest BCUT2D eigenvalue weighted by Crippen LogP contribution is -2.40. The van der Waals surface area contributed by atoms with Crippen LogP contribution in [0.5, 0.6) is 0 Å². The molecule has 0 spiro atoms. The van der Waals surface area contributed by atoms with Gasteiger partial charge < -0.3 is 15.1 Å². The lowest BCUT2D eigenvalue weighted by atomic mass is 10.2. The largest absolute Gasteiger partial charge is 0.336 e. The molecule has 0 aliphatic heterocycles. The van der Waals surface area contributed by atoms with Gasteiger partial charge in [-0.05, 0) is 50.8 Å². The summed E-state index contributed by atoms with van der Waals surface area (Å²) in [5.41, 5.74) is 1.61. The van der Waals surface area contributed by atoms with Crippen molar-refractivity contribution in [2.75, 3.05) is 38.3 Å². The Labute approximate surface area is 176 Å². The highest BCUT2D eigenvalue weighted by Crippen LogP contribution is 2.17. The van der Waals surface area contributed by atoms with Gasteiger partial charge in [0, 0.05) is 25.3 Å². The fourth-order valence-corrected chi connectivity index (χ4v) is 3.42. The van der Waals surface area contributed by atoms with Crippen LogP contribution in [-0.4, -0.2) is 59.8 Å². The van der Waals surface area contributed by atoms with Crippen LogP contribution in [0.3, 0.4) is 0 Å². The third-order valence-corrected chi connectivity index (χ3v) is 5.42. The minimum atomic E-state index is -0.354. The molecule has 0 bridgehead atoms. The molecule has 29 heavy (non-hydrogen) atoms. The van der Waals surface area contributed by atoms with Crippen molar-refractivity contribution in [1.82, 2.24) is 9.80 Å². The van der Waals surface area contributed by atoms with Crippen molar-refractivity contribution < 1.29 is 14.0 Å². The second kappa shape index (κ2) is 11.6. The SMILES string of the molecule is CC(SCC(=O)Nc1ccc(F)cc1)C(=O)N(CCN(C)C)Cc1ccccc1. The molecule has 7 heteroatoms. The van der Waals surface area contributed by atoms with E-state index in [-0.39, 0.29) is 28.6 Å². The first-order chi connectivity index (χ1) is 13.8. The number of thioether (sulfide) groups is 1. The van der Waals surface area contributed by atoms with Gasteiger partial charge in [0.2, 0.25) is 11.8 Å². The molecular weight excluding hydrogens is 389 g/mol. The zero-order chi connectivity index (χ0) is 21.2. The highest BCUT2D eigenvalue weighted by atomic mass is 32.2. The van der Waals surface area contributed by atoms with Gasteiger partial charge in [-0.1, -0.05) is 30.3 Å². The summed E-state index contributed by atoms with van der Waals surface area (Å²) in [5, 5.41) is 2.37. The van der Waals surface area contributed by atoms with E-state index in [0.29, 0.717) is 18.8 Å². The third-order valence-electron chi connectivity index (χ3n) is 4.29. The molecule has 2 amide bonds. The number of carbonyl (C=O) groups is 2. The second-order valence-corrected chi connectivity index (χ2v) is 8.39. The number of amides is 2. The van der Waals surface area contributed by atoms with E-state index < -0.39 is 0 Å². The van der Waals surface area contributed by atoms with Crippen LogP contribution in [0.1, 0.15) is 12.5 Å². The molecule has 0 aliphatic rings. The number of nitrogens with zero attached hydrogens (tertiary/aromatic N) is 2. The van der Waals surface area contributed by atoms with Gasteiger partial charge in [0.05, 0.1) is 11.0 Å². The first-order valence-corrected chi connectivity index (χ1v) is 10.5. The molecule has 2 aromatic carbocycles. The fourth-order valence-electron chi connectivity index (χ4n) is 2.65. The summed E-state index contributed by atoms with van der Waals surface area (Å²) >= 11 is 1.30. The van der Waals surface area contributed by atoms with Crippen LogP contribution in [0.15, 0.2) is 54.6 Å². The van der Waals surface area contributed by atoms with Crippen LogP contribution >= 0.6 is 11.8 Å². The van der Waals surface area contributed by atoms with E-state index in [1.165, 1.54) is 36.0 Å². The van der Waals surface area contributed by atoms with Crippen LogP contribution in [0.4, 0.5) is 10.1 Å². The van der Waals surface area contributed by atoms with Gasteiger partial charge in [-0.25, -0.2) is 4.39 Å². The Bertz CT molecular complexity index is 784. The van der Waals surface area contributed by atoms with Crippen molar-refractivity contribution >= 4 is 29.3 Å². The molecule has 5 nitrogen and oxygen atoms in total. The average molecular weight is 418 g/mol. The normalized spacial score (nSPS) is 11.9. The quantitative estimate of drug-likeness (QED) is 0.643. The number of hydrogen-bond acceptors (Lipinski definition) is 4. The van der Waals surface area contributed by atoms with Crippen molar-refractivity contribution in [3.8, 4) is 0 Å². The number of nitrogens with one attached hydrogen (secondary N) is 1. The number of rotatable bonds is 10. The van der Waals surface area contributed by atoms with E-state index in [0.717, 1.165) is 12.1 Å². The summed E-state index contributed by atoms with van der Waals surface area (Å²) < 4.78 is 12.9. The Morgan fingerprint density at radius 3 is 2.31 bits per heavy atom. The highest BCUT2D eigenvalue weighted by molar-refractivity contribution is 8.01. The van der Waals surface area contributed by atoms with Gasteiger partial charge >= 0.3 is 0 Å². The fraction of sp³-hybridized carbons (Fsp3) is 0.364. The number of benzene rings is 2. The lowest BCUT2D eigenvalue weighted by molar-refractivity contribution is -0.131. The van der Waals surface area contributed by atoms with Gasteiger partial charge in [-0.3, -0.25) is 9.59 Å². The Morgan fingerprint density at radius 2 is 1.69 bits per heavy atom. The molecular formula is C22H28FN3O2S. The predicted octanol–water partition coefficient (Wildman–Crippen LogP) is 3.48. The Kier molecular flexibility index (Phi) is 9.15. The third kappa shape index (κ3) is 8.25. The molecule has 1 atom stereocenters. The molecule has 0 aromatic heterocycles. The molecule has 1 N–H and O–H groups in total. The summed E-state index contributed by atoms with van der Waals surface area (Å²) in [4.78, 5) is 29.0. The van der Waals surface area contributed by atoms with Crippen LogP contribution in [0.2, 0.25) is 0 Å². The van der Waals surface area contributed by atoms with Crippen molar-refractivity contribution in [2.24, 2.45) is 0 Å². The van der Waals surface area contributed by atoms with Gasteiger partial charge in [-0.15, -0.1) is 11.8 Å². The number of anilines is 1. The molecule has 1 unspecified atom stereocenters. The maximum atomic E-state index is 13.0. The van der Waals surface area contributed by atoms with E-state index in [1.54, 1.807) is 0 Å². The first kappa shape index (κ1) is 22.9. The summed E-state index contributed by atoms with van der Waals surface area (Å²) in [6, 6.07) is 15.5. The highest BCUT2D eigenvalue weighted by Gasteiger charge is 2.22. The molecule has 0 heterocycles. The molecule has 0 aliphatic carbocycles. The molecule has 0 fully saturated rings. The Morgan fingerprint density at radius 1 is 1.03 bits per heavy atom. The van der Waals surface area contributed by atoms with Gasteiger partial charge in [0.15, 0.2) is 0 Å². The summed E-state index contributed by atoms with van der Waals surface area (Å²) in [6.45, 7) is 3.75. The summed E-state index contributed by atoms with van der Waals surface area (Å²) in [7, 11) is 3.95. The van der Waals surface area contributed by atoms with E-state index in [4.69, 9.17) is 0 Å². The van der Waals surface area contributed by atoms with Crippen molar-refractivity contribution in [1.29, 1.82) is 0 Å². The smallest absolute Gasteiger partial charge is 0.235 e. The molecule has 2 aromatic rings. The van der Waals surface area contributed by atoms with E-state index in [2.05, 4.69) is 5.32 Å². The van der Waals surface area contributed by atoms with Gasteiger partial charge in [0.25, 0.3) is 0 Å². The van der Waals surface area contributed by atoms with E-state index in [9.17, 15) is 14.0 Å². The van der Waals surface area contributed by atoms with Gasteiger partial charge in [-0.2, -0.15) is 0 Å². The molecule has 0 radical (unpaired) electrons. The lowest BCUT2D eigenvalue weighted by Gasteiger charge is -2.27. The Balaban J connectivity index is 1.90. The average Bonchev–Trinajstić information content (AvgIpc) is 2.71. The van der Waals surface area contributed by atoms with Crippen LogP contribution < -0.4 is 5.32 Å². The molecule has 0 saturated carbocycles. The zero-order valence-corrected chi connectivity index (χ0v) is 17.9. The molecule has 156 valence electrons. The summed E-state index contributed by atoms with van der Waals surface area (Å²) in [5.74, 6) is -0.413. The van der Waals surface area contributed by atoms with Crippen molar-refractivity contribution in [3.63, 3.8) is 0 Å². The van der Waals surface area contributed by atoms with E-state index >= 15 is 0 Å². The number of likely N-dealkylation sites (N-methyl/N-ethyl adjacent to an activating group) is 1. The second-order valence-electron chi connectivity index (χ2n) is 7.06. The van der Waals surface area contributed by atoms with Gasteiger partial charge in [0.1, 0.15) is 5.82 Å². The van der Waals surface area contributed by atoms with E-state index in [1.807, 2.05) is 61.2 Å². The maximum Gasteiger partial charge on any atom is 0.235 e. The zero-order valence-electron chi connectivity index (χ0n) is 17.1. The topological polar surface area (TPSA) is 52.7 Å². The first-order valence-electron chi connectivity index (χ1n) is 9.49. The molecule has 0 saturated heterocycles. The minimum absolute atomic E-state index is 0.00952. The molecule has 2 rings (SSSR count). The number of hydrogen-bond donors (Lipinski definition) is 1. The van der Waals surface area contributed by atoms with Crippen LogP contribution in [0.25, 0.3) is 0 Å². The standard InChI is InChI=1S/C22H28FN3O2S/c1-17(29-16-21(27)24-20-11-9-19(23)10-12-20)22(28)26(14-13-25(2)3)15-18-7-5-4-6-8-18/h4-12,17H,13-16H2,1-3H3,(H,24,27). The van der Waals surface area contributed by atoms with Crippen molar-refractivity contribution in [2.45, 2.75) is 18.7 Å². The number of carbonyl (C=O) groups excluding carboxylic acids is 2. The Hall–Kier alpha value is -2.38.